The van der Waals surface area contributed by atoms with Crippen LogP contribution in [0, 0.1) is 5.92 Å². The van der Waals surface area contributed by atoms with Crippen LogP contribution in [0.3, 0.4) is 0 Å². The molecule has 1 aliphatic carbocycles. The second-order valence-electron chi connectivity index (χ2n) is 2.68. The fourth-order valence-corrected chi connectivity index (χ4v) is 1.12. The van der Waals surface area contributed by atoms with Crippen molar-refractivity contribution in [3.63, 3.8) is 0 Å². The summed E-state index contributed by atoms with van der Waals surface area (Å²) in [6.45, 7) is 4.38. The van der Waals surface area contributed by atoms with Crippen molar-refractivity contribution in [2.24, 2.45) is 5.92 Å². The van der Waals surface area contributed by atoms with Crippen LogP contribution in [0.5, 0.6) is 0 Å². The van der Waals surface area contributed by atoms with Crippen LogP contribution in [0.1, 0.15) is 13.8 Å². The molecular formula is C8H11Br. The van der Waals surface area contributed by atoms with Gasteiger partial charge in [-0.3, -0.25) is 0 Å². The highest BCUT2D eigenvalue weighted by Gasteiger charge is 2.23. The Bertz CT molecular complexity index is 154. The van der Waals surface area contributed by atoms with Crippen molar-refractivity contribution in [2.45, 2.75) is 18.2 Å². The van der Waals surface area contributed by atoms with E-state index in [9.17, 15) is 0 Å². The molecule has 0 heterocycles. The molecule has 0 fully saturated rings. The minimum absolute atomic E-state index is 0.182. The molecule has 9 heavy (non-hydrogen) atoms. The molecule has 0 radical (unpaired) electrons. The van der Waals surface area contributed by atoms with E-state index >= 15 is 0 Å². The average molecular weight is 187 g/mol. The summed E-state index contributed by atoms with van der Waals surface area (Å²) in [7, 11) is 0. The monoisotopic (exact) mass is 186 g/mol. The Balaban J connectivity index is 2.78. The maximum atomic E-state index is 3.62. The molecule has 0 aliphatic heterocycles. The molecule has 0 saturated heterocycles. The van der Waals surface area contributed by atoms with Gasteiger partial charge in [-0.05, 0) is 12.8 Å². The van der Waals surface area contributed by atoms with Gasteiger partial charge in [0.2, 0.25) is 0 Å². The summed E-state index contributed by atoms with van der Waals surface area (Å²) in [5.41, 5.74) is 0. The Kier molecular flexibility index (Phi) is 1.80. The molecule has 0 amide bonds. The number of allylic oxidation sites excluding steroid dienone is 4. The van der Waals surface area contributed by atoms with Gasteiger partial charge in [-0.2, -0.15) is 0 Å². The van der Waals surface area contributed by atoms with Crippen molar-refractivity contribution in [3.8, 4) is 0 Å². The van der Waals surface area contributed by atoms with Crippen LogP contribution in [0.2, 0.25) is 0 Å². The lowest BCUT2D eigenvalue weighted by atomic mass is 9.92. The van der Waals surface area contributed by atoms with Gasteiger partial charge in [0.1, 0.15) is 0 Å². The second-order valence-corrected chi connectivity index (χ2v) is 4.39. The number of hydrogen-bond acceptors (Lipinski definition) is 0. The van der Waals surface area contributed by atoms with Crippen LogP contribution in [0.15, 0.2) is 24.3 Å². The Hall–Kier alpha value is -0.0400. The molecule has 0 nitrogen and oxygen atoms in total. The summed E-state index contributed by atoms with van der Waals surface area (Å²) in [6.07, 6.45) is 8.55. The summed E-state index contributed by atoms with van der Waals surface area (Å²) < 4.78 is 0.182. The van der Waals surface area contributed by atoms with E-state index in [1.807, 2.05) is 0 Å². The zero-order chi connectivity index (χ0) is 6.91. The van der Waals surface area contributed by atoms with Crippen molar-refractivity contribution in [3.05, 3.63) is 24.3 Å². The molecule has 0 saturated carbocycles. The molecule has 50 valence electrons. The zero-order valence-electron chi connectivity index (χ0n) is 5.76. The van der Waals surface area contributed by atoms with E-state index < -0.39 is 0 Å². The highest BCUT2D eigenvalue weighted by atomic mass is 79.9. The Morgan fingerprint density at radius 1 is 1.44 bits per heavy atom. The van der Waals surface area contributed by atoms with Crippen LogP contribution in [-0.4, -0.2) is 4.32 Å². The van der Waals surface area contributed by atoms with E-state index in [1.165, 1.54) is 0 Å². The molecule has 2 unspecified atom stereocenters. The van der Waals surface area contributed by atoms with Crippen molar-refractivity contribution in [2.75, 3.05) is 0 Å². The predicted octanol–water partition coefficient (Wildman–Crippen LogP) is 2.90. The van der Waals surface area contributed by atoms with Gasteiger partial charge in [0, 0.05) is 4.32 Å². The van der Waals surface area contributed by atoms with Crippen LogP contribution in [-0.2, 0) is 0 Å². The fourth-order valence-electron chi connectivity index (χ4n) is 0.814. The quantitative estimate of drug-likeness (QED) is 0.511. The topological polar surface area (TPSA) is 0 Å². The van der Waals surface area contributed by atoms with Crippen molar-refractivity contribution in [1.29, 1.82) is 0 Å². The van der Waals surface area contributed by atoms with Gasteiger partial charge >= 0.3 is 0 Å². The zero-order valence-corrected chi connectivity index (χ0v) is 7.35. The molecule has 0 bridgehead atoms. The van der Waals surface area contributed by atoms with Crippen molar-refractivity contribution in [1.82, 2.24) is 0 Å². The van der Waals surface area contributed by atoms with Gasteiger partial charge in [-0.1, -0.05) is 47.2 Å². The lowest BCUT2D eigenvalue weighted by Crippen LogP contribution is -2.22. The van der Waals surface area contributed by atoms with E-state index in [0.29, 0.717) is 5.92 Å². The molecule has 0 aromatic heterocycles. The summed E-state index contributed by atoms with van der Waals surface area (Å²) in [6, 6.07) is 0. The molecule has 1 rings (SSSR count). The van der Waals surface area contributed by atoms with Crippen LogP contribution in [0.25, 0.3) is 0 Å². The third-order valence-corrected chi connectivity index (χ3v) is 2.81. The molecule has 0 aromatic carbocycles. The van der Waals surface area contributed by atoms with Gasteiger partial charge in [0.15, 0.2) is 0 Å². The molecule has 0 spiro atoms. The first-order chi connectivity index (χ1) is 4.13. The Labute approximate surface area is 64.8 Å². The summed E-state index contributed by atoms with van der Waals surface area (Å²) >= 11 is 3.62. The van der Waals surface area contributed by atoms with Crippen LogP contribution >= 0.6 is 15.9 Å². The van der Waals surface area contributed by atoms with Crippen LogP contribution in [0.4, 0.5) is 0 Å². The van der Waals surface area contributed by atoms with E-state index in [1.54, 1.807) is 0 Å². The molecular weight excluding hydrogens is 176 g/mol. The molecule has 0 N–H and O–H groups in total. The van der Waals surface area contributed by atoms with Gasteiger partial charge in [0.05, 0.1) is 0 Å². The standard InChI is InChI=1S/C8H11Br/c1-7-5-3-4-6-8(7,2)9/h3-7H,1-2H3. The fraction of sp³-hybridized carbons (Fsp3) is 0.500. The molecule has 2 atom stereocenters. The van der Waals surface area contributed by atoms with Gasteiger partial charge in [0.25, 0.3) is 0 Å². The number of alkyl halides is 1. The van der Waals surface area contributed by atoms with Gasteiger partial charge in [-0.15, -0.1) is 0 Å². The maximum absolute atomic E-state index is 3.62. The Morgan fingerprint density at radius 3 is 2.44 bits per heavy atom. The number of hydrogen-bond donors (Lipinski definition) is 0. The molecule has 1 aliphatic rings. The SMILES string of the molecule is CC1C=CC=CC1(C)Br. The minimum atomic E-state index is 0.182. The summed E-state index contributed by atoms with van der Waals surface area (Å²) in [4.78, 5) is 0. The lowest BCUT2D eigenvalue weighted by Gasteiger charge is -2.25. The minimum Gasteiger partial charge on any atom is -0.0804 e. The smallest absolute Gasteiger partial charge is 0.0471 e. The third kappa shape index (κ3) is 1.45. The second kappa shape index (κ2) is 2.30. The van der Waals surface area contributed by atoms with Crippen molar-refractivity contribution >= 4 is 15.9 Å². The average Bonchev–Trinajstić information content (AvgIpc) is 1.77. The summed E-state index contributed by atoms with van der Waals surface area (Å²) in [5.74, 6) is 0.600. The highest BCUT2D eigenvalue weighted by Crippen LogP contribution is 2.31. The highest BCUT2D eigenvalue weighted by molar-refractivity contribution is 9.10. The van der Waals surface area contributed by atoms with Crippen molar-refractivity contribution < 1.29 is 0 Å². The van der Waals surface area contributed by atoms with E-state index in [2.05, 4.69) is 54.1 Å². The number of rotatable bonds is 0. The van der Waals surface area contributed by atoms with E-state index in [0.717, 1.165) is 0 Å². The summed E-state index contributed by atoms with van der Waals surface area (Å²) in [5, 5.41) is 0. The maximum Gasteiger partial charge on any atom is 0.0471 e. The first-order valence-corrected chi connectivity index (χ1v) is 3.97. The molecule has 0 aromatic rings. The molecule has 1 heteroatoms. The van der Waals surface area contributed by atoms with Gasteiger partial charge < -0.3 is 0 Å². The van der Waals surface area contributed by atoms with Gasteiger partial charge in [-0.25, -0.2) is 0 Å². The first-order valence-electron chi connectivity index (χ1n) is 3.18. The normalized spacial score (nSPS) is 41.4. The predicted molar refractivity (Wildman–Crippen MR) is 44.8 cm³/mol. The first kappa shape index (κ1) is 7.07. The largest absolute Gasteiger partial charge is 0.0804 e. The van der Waals surface area contributed by atoms with E-state index in [-0.39, 0.29) is 4.32 Å². The number of halogens is 1. The van der Waals surface area contributed by atoms with Crippen LogP contribution < -0.4 is 0 Å². The van der Waals surface area contributed by atoms with E-state index in [4.69, 9.17) is 0 Å². The lowest BCUT2D eigenvalue weighted by molar-refractivity contribution is 0.612. The Morgan fingerprint density at radius 2 is 2.11 bits per heavy atom. The third-order valence-electron chi connectivity index (χ3n) is 1.82.